The summed E-state index contributed by atoms with van der Waals surface area (Å²) in [5.74, 6) is 0.0336. The third kappa shape index (κ3) is 5.81. The topological polar surface area (TPSA) is 42.9 Å². The van der Waals surface area contributed by atoms with E-state index >= 15 is 0 Å². The van der Waals surface area contributed by atoms with Crippen LogP contribution < -0.4 is 10.6 Å². The Labute approximate surface area is 188 Å². The van der Waals surface area contributed by atoms with Crippen LogP contribution in [0.15, 0.2) is 40.7 Å². The molecule has 0 amide bonds. The van der Waals surface area contributed by atoms with Crippen molar-refractivity contribution >= 4 is 17.3 Å². The van der Waals surface area contributed by atoms with Crippen molar-refractivity contribution in [2.75, 3.05) is 47.8 Å². The lowest BCUT2D eigenvalue weighted by Crippen LogP contribution is -2.46. The Morgan fingerprint density at radius 1 is 1.23 bits per heavy atom. The molecule has 3 rings (SSSR count). The van der Waals surface area contributed by atoms with Crippen LogP contribution in [0.2, 0.25) is 0 Å². The van der Waals surface area contributed by atoms with E-state index in [1.54, 1.807) is 18.4 Å². The molecule has 3 atom stereocenters. The summed E-state index contributed by atoms with van der Waals surface area (Å²) in [5.41, 5.74) is 0.0714. The van der Waals surface area contributed by atoms with E-state index in [4.69, 9.17) is 0 Å². The van der Waals surface area contributed by atoms with Gasteiger partial charge in [0.2, 0.25) is 0 Å². The number of guanidine groups is 1. The highest BCUT2D eigenvalue weighted by molar-refractivity contribution is 7.10. The van der Waals surface area contributed by atoms with Gasteiger partial charge in [-0.25, -0.2) is 8.78 Å². The van der Waals surface area contributed by atoms with Crippen molar-refractivity contribution in [2.24, 2.45) is 10.9 Å². The van der Waals surface area contributed by atoms with Crippen LogP contribution in [0.25, 0.3) is 0 Å². The second-order valence-electron chi connectivity index (χ2n) is 8.29. The molecule has 31 heavy (non-hydrogen) atoms. The van der Waals surface area contributed by atoms with E-state index in [9.17, 15) is 8.78 Å². The van der Waals surface area contributed by atoms with E-state index in [1.807, 2.05) is 19.0 Å². The van der Waals surface area contributed by atoms with Crippen LogP contribution in [0.3, 0.4) is 0 Å². The predicted molar refractivity (Wildman–Crippen MR) is 125 cm³/mol. The monoisotopic (exact) mass is 449 g/mol. The molecule has 1 aromatic carbocycles. The number of piperidine rings is 1. The van der Waals surface area contributed by atoms with Crippen LogP contribution in [0, 0.1) is 17.6 Å². The van der Waals surface area contributed by atoms with Gasteiger partial charge < -0.3 is 15.5 Å². The SMILES string of the molecule is CN=C(NCC1CCCN(C)C1c1cccs1)NCC(c1c(F)cccc1F)N(C)C. The number of likely N-dealkylation sites (tertiary alicyclic amines) is 1. The predicted octanol–water partition coefficient (Wildman–Crippen LogP) is 3.88. The molecular weight excluding hydrogens is 416 g/mol. The van der Waals surface area contributed by atoms with Gasteiger partial charge >= 0.3 is 0 Å². The van der Waals surface area contributed by atoms with E-state index in [2.05, 4.69) is 45.1 Å². The molecule has 2 aromatic rings. The summed E-state index contributed by atoms with van der Waals surface area (Å²) in [6.45, 7) is 2.22. The lowest BCUT2D eigenvalue weighted by molar-refractivity contribution is 0.125. The summed E-state index contributed by atoms with van der Waals surface area (Å²) >= 11 is 1.80. The number of hydrogen-bond acceptors (Lipinski definition) is 4. The molecule has 1 fully saturated rings. The van der Waals surface area contributed by atoms with E-state index in [0.29, 0.717) is 24.5 Å². The minimum Gasteiger partial charge on any atom is -0.356 e. The number of thiophene rings is 1. The van der Waals surface area contributed by atoms with Crippen LogP contribution in [0.5, 0.6) is 0 Å². The highest BCUT2D eigenvalue weighted by Crippen LogP contribution is 2.36. The Bertz CT molecular complexity index is 835. The third-order valence-electron chi connectivity index (χ3n) is 6.02. The number of likely N-dealkylation sites (N-methyl/N-ethyl adjacent to an activating group) is 1. The summed E-state index contributed by atoms with van der Waals surface area (Å²) in [6, 6.07) is 8.23. The maximum Gasteiger partial charge on any atom is 0.191 e. The average molecular weight is 450 g/mol. The van der Waals surface area contributed by atoms with Gasteiger partial charge in [-0.15, -0.1) is 11.3 Å². The molecule has 1 aromatic heterocycles. The summed E-state index contributed by atoms with van der Waals surface area (Å²) in [7, 11) is 7.54. The fourth-order valence-corrected chi connectivity index (χ4v) is 5.38. The summed E-state index contributed by atoms with van der Waals surface area (Å²) in [4.78, 5) is 9.96. The molecule has 5 nitrogen and oxygen atoms in total. The van der Waals surface area contributed by atoms with E-state index < -0.39 is 17.7 Å². The Morgan fingerprint density at radius 3 is 2.58 bits per heavy atom. The Balaban J connectivity index is 1.63. The molecule has 1 aliphatic heterocycles. The first-order valence-electron chi connectivity index (χ1n) is 10.7. The number of nitrogens with one attached hydrogen (secondary N) is 2. The second-order valence-corrected chi connectivity index (χ2v) is 9.27. The first-order chi connectivity index (χ1) is 14.9. The number of rotatable bonds is 7. The van der Waals surface area contributed by atoms with Crippen LogP contribution >= 0.6 is 11.3 Å². The third-order valence-corrected chi connectivity index (χ3v) is 6.96. The molecule has 3 unspecified atom stereocenters. The first-order valence-corrected chi connectivity index (χ1v) is 11.6. The molecule has 0 saturated carbocycles. The molecule has 8 heteroatoms. The van der Waals surface area contributed by atoms with Crippen LogP contribution in [0.1, 0.15) is 35.4 Å². The number of halogens is 2. The summed E-state index contributed by atoms with van der Waals surface area (Å²) in [5, 5.41) is 8.83. The lowest BCUT2D eigenvalue weighted by Gasteiger charge is -2.39. The highest BCUT2D eigenvalue weighted by Gasteiger charge is 2.31. The normalized spacial score (nSPS) is 21.3. The van der Waals surface area contributed by atoms with Gasteiger partial charge in [0.15, 0.2) is 5.96 Å². The molecule has 2 N–H and O–H groups in total. The van der Waals surface area contributed by atoms with Crippen molar-refractivity contribution in [3.63, 3.8) is 0 Å². The van der Waals surface area contributed by atoms with E-state index in [-0.39, 0.29) is 5.56 Å². The highest BCUT2D eigenvalue weighted by atomic mass is 32.1. The Morgan fingerprint density at radius 2 is 1.97 bits per heavy atom. The zero-order chi connectivity index (χ0) is 22.4. The summed E-state index contributed by atoms with van der Waals surface area (Å²) < 4.78 is 28.7. The first kappa shape index (κ1) is 23.6. The van der Waals surface area contributed by atoms with Crippen molar-refractivity contribution in [1.82, 2.24) is 20.4 Å². The largest absolute Gasteiger partial charge is 0.356 e. The second kappa shape index (κ2) is 11.0. The molecule has 170 valence electrons. The van der Waals surface area contributed by atoms with Crippen LogP contribution in [-0.2, 0) is 0 Å². The molecule has 0 radical (unpaired) electrons. The molecular formula is C23H33F2N5S. The fraction of sp³-hybridized carbons (Fsp3) is 0.522. The van der Waals surface area contributed by atoms with Crippen LogP contribution in [0.4, 0.5) is 8.78 Å². The van der Waals surface area contributed by atoms with Gasteiger partial charge in [0, 0.05) is 36.6 Å². The number of aliphatic imine (C=N–C) groups is 1. The molecule has 0 bridgehead atoms. The maximum atomic E-state index is 14.3. The van der Waals surface area contributed by atoms with Gasteiger partial charge in [-0.1, -0.05) is 12.1 Å². The van der Waals surface area contributed by atoms with Gasteiger partial charge in [0.05, 0.1) is 6.04 Å². The average Bonchev–Trinajstić information content (AvgIpc) is 3.26. The molecule has 0 spiro atoms. The maximum absolute atomic E-state index is 14.3. The zero-order valence-corrected chi connectivity index (χ0v) is 19.6. The Hall–Kier alpha value is -2.03. The number of benzene rings is 1. The fourth-order valence-electron chi connectivity index (χ4n) is 4.40. The smallest absolute Gasteiger partial charge is 0.191 e. The molecule has 0 aliphatic carbocycles. The van der Waals surface area contributed by atoms with Crippen molar-refractivity contribution < 1.29 is 8.78 Å². The zero-order valence-electron chi connectivity index (χ0n) is 18.7. The van der Waals surface area contributed by atoms with E-state index in [0.717, 1.165) is 19.5 Å². The lowest BCUT2D eigenvalue weighted by atomic mass is 9.88. The molecule has 2 heterocycles. The quantitative estimate of drug-likeness (QED) is 0.497. The minimum atomic E-state index is -0.535. The minimum absolute atomic E-state index is 0.0714. The van der Waals surface area contributed by atoms with Crippen molar-refractivity contribution in [3.8, 4) is 0 Å². The van der Waals surface area contributed by atoms with Gasteiger partial charge in [0.25, 0.3) is 0 Å². The molecule has 1 saturated heterocycles. The van der Waals surface area contributed by atoms with Gasteiger partial charge in [-0.05, 0) is 70.0 Å². The number of nitrogens with zero attached hydrogens (tertiary/aromatic N) is 3. The number of hydrogen-bond donors (Lipinski definition) is 2. The van der Waals surface area contributed by atoms with Crippen molar-refractivity contribution in [3.05, 3.63) is 57.8 Å². The van der Waals surface area contributed by atoms with Crippen molar-refractivity contribution in [2.45, 2.75) is 24.9 Å². The van der Waals surface area contributed by atoms with Crippen LogP contribution in [-0.4, -0.2) is 63.6 Å². The summed E-state index contributed by atoms with van der Waals surface area (Å²) in [6.07, 6.45) is 2.32. The Kier molecular flexibility index (Phi) is 8.40. The van der Waals surface area contributed by atoms with E-state index in [1.165, 1.54) is 29.5 Å². The van der Waals surface area contributed by atoms with Gasteiger partial charge in [0.1, 0.15) is 11.6 Å². The standard InChI is InChI=1S/C23H33F2N5S/c1-26-23(28-15-19(29(2)3)21-17(24)9-5-10-18(21)25)27-14-16-8-6-12-30(4)22(16)20-11-7-13-31-20/h5,7,9-11,13,16,19,22H,6,8,12,14-15H2,1-4H3,(H2,26,27,28). The van der Waals surface area contributed by atoms with Gasteiger partial charge in [-0.2, -0.15) is 0 Å². The van der Waals surface area contributed by atoms with Gasteiger partial charge in [-0.3, -0.25) is 9.89 Å². The molecule has 1 aliphatic rings. The van der Waals surface area contributed by atoms with Crippen molar-refractivity contribution in [1.29, 1.82) is 0 Å².